The fraction of sp³-hybridized carbons (Fsp3) is 0.238. The number of nitrogens with zero attached hydrogens (tertiary/aromatic N) is 4. The van der Waals surface area contributed by atoms with E-state index in [1.165, 1.54) is 18.3 Å². The van der Waals surface area contributed by atoms with Crippen LogP contribution in [0.3, 0.4) is 0 Å². The van der Waals surface area contributed by atoms with E-state index in [0.717, 1.165) is 18.2 Å². The van der Waals surface area contributed by atoms with Crippen LogP contribution in [0.2, 0.25) is 0 Å². The van der Waals surface area contributed by atoms with Crippen LogP contribution in [0.15, 0.2) is 42.7 Å². The Hall–Kier alpha value is -3.82. The molecule has 0 saturated carbocycles. The molecule has 4 rings (SSSR count). The minimum absolute atomic E-state index is 0.00874. The molecule has 1 unspecified atom stereocenters. The van der Waals surface area contributed by atoms with Crippen molar-refractivity contribution in [3.05, 3.63) is 65.5 Å². The van der Waals surface area contributed by atoms with Crippen molar-refractivity contribution < 1.29 is 27.2 Å². The van der Waals surface area contributed by atoms with E-state index in [1.807, 2.05) is 6.07 Å². The standard InChI is InChI=1S/C21H16F4N6O2/c22-17-5-15(30-19(32)6-14-2-1-3-18(29-14)21(23,24)25)4-12(7-26)20(17)13-8-27-31(10-13)16-9-28-33-11-16/h1-5,8,10,16,28H,6,9,11H2,(H,30,32). The van der Waals surface area contributed by atoms with E-state index in [4.69, 9.17) is 4.84 Å². The first-order valence-corrected chi connectivity index (χ1v) is 9.70. The Balaban J connectivity index is 1.52. The van der Waals surface area contributed by atoms with Gasteiger partial charge in [-0.1, -0.05) is 6.07 Å². The molecule has 12 heteroatoms. The van der Waals surface area contributed by atoms with Gasteiger partial charge in [0, 0.05) is 29.6 Å². The predicted octanol–water partition coefficient (Wildman–Crippen LogP) is 3.23. The summed E-state index contributed by atoms with van der Waals surface area (Å²) in [6, 6.07) is 7.37. The molecule has 3 heterocycles. The molecule has 0 aliphatic carbocycles. The van der Waals surface area contributed by atoms with Crippen LogP contribution in [0.25, 0.3) is 11.1 Å². The Morgan fingerprint density at radius 2 is 2.18 bits per heavy atom. The molecule has 3 aromatic rings. The van der Waals surface area contributed by atoms with Gasteiger partial charge in [0.2, 0.25) is 5.91 Å². The highest BCUT2D eigenvalue weighted by atomic mass is 19.4. The summed E-state index contributed by atoms with van der Waals surface area (Å²) in [6.45, 7) is 0.917. The van der Waals surface area contributed by atoms with Gasteiger partial charge in [0.05, 0.1) is 42.6 Å². The van der Waals surface area contributed by atoms with Gasteiger partial charge in [0.25, 0.3) is 0 Å². The second-order valence-corrected chi connectivity index (χ2v) is 7.25. The topological polar surface area (TPSA) is 105 Å². The molecule has 33 heavy (non-hydrogen) atoms. The third kappa shape index (κ3) is 5.00. The highest BCUT2D eigenvalue weighted by Crippen LogP contribution is 2.31. The molecule has 0 bridgehead atoms. The van der Waals surface area contributed by atoms with Gasteiger partial charge >= 0.3 is 6.18 Å². The SMILES string of the molecule is N#Cc1cc(NC(=O)Cc2cccc(C(F)(F)F)n2)cc(F)c1-c1cnn(C2CNOC2)c1. The maximum atomic E-state index is 14.9. The molecule has 1 amide bonds. The normalized spacial score (nSPS) is 15.9. The van der Waals surface area contributed by atoms with Crippen LogP contribution in [-0.2, 0) is 22.2 Å². The molecule has 1 fully saturated rings. The van der Waals surface area contributed by atoms with Crippen LogP contribution in [-0.4, -0.2) is 33.8 Å². The predicted molar refractivity (Wildman–Crippen MR) is 107 cm³/mol. The van der Waals surface area contributed by atoms with Gasteiger partial charge < -0.3 is 5.32 Å². The fourth-order valence-electron chi connectivity index (χ4n) is 3.37. The largest absolute Gasteiger partial charge is 0.433 e. The van der Waals surface area contributed by atoms with Gasteiger partial charge in [0.1, 0.15) is 11.5 Å². The van der Waals surface area contributed by atoms with Crippen LogP contribution in [0.5, 0.6) is 0 Å². The molecule has 1 atom stereocenters. The van der Waals surface area contributed by atoms with Gasteiger partial charge in [-0.2, -0.15) is 23.5 Å². The molecule has 1 aliphatic heterocycles. The summed E-state index contributed by atoms with van der Waals surface area (Å²) in [4.78, 5) is 20.8. The number of pyridine rings is 1. The van der Waals surface area contributed by atoms with Crippen molar-refractivity contribution in [1.82, 2.24) is 20.2 Å². The number of rotatable bonds is 5. The molecule has 170 valence electrons. The minimum atomic E-state index is -4.64. The zero-order valence-electron chi connectivity index (χ0n) is 16.9. The minimum Gasteiger partial charge on any atom is -0.326 e. The van der Waals surface area contributed by atoms with Crippen molar-refractivity contribution in [3.8, 4) is 17.2 Å². The fourth-order valence-corrected chi connectivity index (χ4v) is 3.37. The maximum Gasteiger partial charge on any atom is 0.433 e. The number of carbonyl (C=O) groups excluding carboxylic acids is 1. The van der Waals surface area contributed by atoms with Gasteiger partial charge in [0.15, 0.2) is 0 Å². The van der Waals surface area contributed by atoms with Crippen molar-refractivity contribution in [3.63, 3.8) is 0 Å². The second kappa shape index (κ2) is 8.97. The summed E-state index contributed by atoms with van der Waals surface area (Å²) in [5.41, 5.74) is 1.86. The van der Waals surface area contributed by atoms with E-state index in [-0.39, 0.29) is 28.6 Å². The van der Waals surface area contributed by atoms with E-state index >= 15 is 0 Å². The van der Waals surface area contributed by atoms with E-state index in [2.05, 4.69) is 20.9 Å². The van der Waals surface area contributed by atoms with Crippen LogP contribution >= 0.6 is 0 Å². The monoisotopic (exact) mass is 460 g/mol. The highest BCUT2D eigenvalue weighted by Gasteiger charge is 2.32. The molecular weight excluding hydrogens is 444 g/mol. The quantitative estimate of drug-likeness (QED) is 0.567. The zero-order valence-corrected chi connectivity index (χ0v) is 16.9. The average Bonchev–Trinajstić information content (AvgIpc) is 3.44. The van der Waals surface area contributed by atoms with Crippen molar-refractivity contribution in [2.24, 2.45) is 0 Å². The number of nitriles is 1. The lowest BCUT2D eigenvalue weighted by Gasteiger charge is -2.10. The lowest BCUT2D eigenvalue weighted by Crippen LogP contribution is -2.17. The first-order chi connectivity index (χ1) is 15.7. The summed E-state index contributed by atoms with van der Waals surface area (Å²) in [7, 11) is 0. The van der Waals surface area contributed by atoms with E-state index < -0.39 is 30.0 Å². The molecule has 2 aromatic heterocycles. The number of hydrogen-bond acceptors (Lipinski definition) is 6. The Bertz CT molecular complexity index is 1230. The molecule has 0 spiro atoms. The zero-order chi connectivity index (χ0) is 23.6. The van der Waals surface area contributed by atoms with Crippen molar-refractivity contribution in [2.45, 2.75) is 18.6 Å². The summed E-state index contributed by atoms with van der Waals surface area (Å²) < 4.78 is 54.9. The van der Waals surface area contributed by atoms with Crippen molar-refractivity contribution in [2.75, 3.05) is 18.5 Å². The molecule has 2 N–H and O–H groups in total. The van der Waals surface area contributed by atoms with Crippen molar-refractivity contribution >= 4 is 11.6 Å². The number of carbonyl (C=O) groups is 1. The Labute approximate surface area is 184 Å². The number of nitrogens with one attached hydrogen (secondary N) is 2. The second-order valence-electron chi connectivity index (χ2n) is 7.25. The van der Waals surface area contributed by atoms with E-state index in [0.29, 0.717) is 18.7 Å². The van der Waals surface area contributed by atoms with Gasteiger partial charge in [-0.15, -0.1) is 0 Å². The number of amides is 1. The van der Waals surface area contributed by atoms with Crippen molar-refractivity contribution in [1.29, 1.82) is 5.26 Å². The smallest absolute Gasteiger partial charge is 0.326 e. The first-order valence-electron chi connectivity index (χ1n) is 9.70. The number of hydrogen-bond donors (Lipinski definition) is 2. The molecule has 1 saturated heterocycles. The Morgan fingerprint density at radius 3 is 2.88 bits per heavy atom. The summed E-state index contributed by atoms with van der Waals surface area (Å²) in [5, 5.41) is 16.1. The lowest BCUT2D eigenvalue weighted by molar-refractivity contribution is -0.141. The summed E-state index contributed by atoms with van der Waals surface area (Å²) >= 11 is 0. The molecule has 1 aliphatic rings. The van der Waals surface area contributed by atoms with Gasteiger partial charge in [-0.3, -0.25) is 14.3 Å². The van der Waals surface area contributed by atoms with Crippen LogP contribution < -0.4 is 10.8 Å². The number of aromatic nitrogens is 3. The van der Waals surface area contributed by atoms with Crippen LogP contribution in [0.4, 0.5) is 23.2 Å². The van der Waals surface area contributed by atoms with Gasteiger partial charge in [-0.25, -0.2) is 14.9 Å². The molecular formula is C21H16F4N6O2. The number of hydroxylamine groups is 1. The number of alkyl halides is 3. The third-order valence-corrected chi connectivity index (χ3v) is 4.89. The Morgan fingerprint density at radius 1 is 1.36 bits per heavy atom. The van der Waals surface area contributed by atoms with Crippen LogP contribution in [0.1, 0.15) is 23.0 Å². The number of benzene rings is 1. The van der Waals surface area contributed by atoms with Crippen LogP contribution in [0, 0.1) is 17.1 Å². The number of halogens is 4. The van der Waals surface area contributed by atoms with E-state index in [9.17, 15) is 27.6 Å². The highest BCUT2D eigenvalue weighted by molar-refractivity contribution is 5.92. The van der Waals surface area contributed by atoms with Gasteiger partial charge in [-0.05, 0) is 24.3 Å². The summed E-state index contributed by atoms with van der Waals surface area (Å²) in [5.74, 6) is -1.47. The average molecular weight is 460 g/mol. The maximum absolute atomic E-state index is 14.9. The van der Waals surface area contributed by atoms with E-state index in [1.54, 1.807) is 10.9 Å². The Kier molecular flexibility index (Phi) is 6.08. The lowest BCUT2D eigenvalue weighted by atomic mass is 10.0. The molecule has 8 nitrogen and oxygen atoms in total. The molecule has 1 aromatic carbocycles. The first kappa shape index (κ1) is 22.4. The summed E-state index contributed by atoms with van der Waals surface area (Å²) in [6.07, 6.45) is -2.07. The molecule has 0 radical (unpaired) electrons. The third-order valence-electron chi connectivity index (χ3n) is 4.89. The number of anilines is 1.